The number of rotatable bonds is 7. The van der Waals surface area contributed by atoms with Crippen LogP contribution in [0.3, 0.4) is 0 Å². The number of pyridine rings is 1. The predicted octanol–water partition coefficient (Wildman–Crippen LogP) is 4.50. The molecule has 2 aromatic carbocycles. The van der Waals surface area contributed by atoms with E-state index in [0.717, 1.165) is 5.56 Å². The van der Waals surface area contributed by atoms with Crippen molar-refractivity contribution < 1.29 is 19.1 Å². The van der Waals surface area contributed by atoms with Crippen LogP contribution in [-0.2, 0) is 16.1 Å². The van der Waals surface area contributed by atoms with E-state index in [1.54, 1.807) is 24.3 Å². The molecule has 148 valence electrons. The third kappa shape index (κ3) is 6.05. The molecular formula is C22H19ClN2O4. The van der Waals surface area contributed by atoms with Gasteiger partial charge in [-0.3, -0.25) is 4.79 Å². The lowest BCUT2D eigenvalue weighted by Gasteiger charge is -2.14. The molecule has 29 heavy (non-hydrogen) atoms. The zero-order valence-electron chi connectivity index (χ0n) is 15.7. The van der Waals surface area contributed by atoms with E-state index in [9.17, 15) is 9.59 Å². The van der Waals surface area contributed by atoms with Gasteiger partial charge in [0, 0.05) is 11.9 Å². The van der Waals surface area contributed by atoms with Crippen molar-refractivity contribution >= 4 is 29.2 Å². The monoisotopic (exact) mass is 410 g/mol. The Morgan fingerprint density at radius 2 is 1.76 bits per heavy atom. The minimum atomic E-state index is -0.979. The molecule has 1 amide bonds. The summed E-state index contributed by atoms with van der Waals surface area (Å²) in [6.45, 7) is 1.95. The van der Waals surface area contributed by atoms with Crippen LogP contribution in [0, 0.1) is 0 Å². The number of amides is 1. The third-order valence-electron chi connectivity index (χ3n) is 3.99. The molecule has 7 heteroatoms. The van der Waals surface area contributed by atoms with Crippen LogP contribution in [0.4, 0.5) is 5.69 Å². The molecule has 0 bridgehead atoms. The maximum Gasteiger partial charge on any atom is 0.340 e. The van der Waals surface area contributed by atoms with E-state index in [-0.39, 0.29) is 10.7 Å². The number of hydrogen-bond donors (Lipinski definition) is 1. The summed E-state index contributed by atoms with van der Waals surface area (Å²) in [5.41, 5.74) is 1.85. The highest BCUT2D eigenvalue weighted by atomic mass is 35.5. The number of anilines is 1. The molecule has 0 saturated heterocycles. The van der Waals surface area contributed by atoms with Crippen LogP contribution in [0.15, 0.2) is 72.9 Å². The molecule has 0 aliphatic rings. The summed E-state index contributed by atoms with van der Waals surface area (Å²) < 4.78 is 10.9. The highest BCUT2D eigenvalue weighted by Gasteiger charge is 2.19. The molecule has 0 radical (unpaired) electrons. The molecule has 6 nitrogen and oxygen atoms in total. The van der Waals surface area contributed by atoms with Crippen LogP contribution >= 0.6 is 11.6 Å². The number of hydrogen-bond acceptors (Lipinski definition) is 5. The van der Waals surface area contributed by atoms with E-state index in [0.29, 0.717) is 18.0 Å². The normalized spacial score (nSPS) is 11.4. The topological polar surface area (TPSA) is 77.5 Å². The standard InChI is InChI=1S/C22H19ClN2O4/c1-15(29-22(27)17-7-12-20(23)24-13-17)21(26)25-18-8-10-19(11-9-18)28-14-16-5-3-2-4-6-16/h2-13,15H,14H2,1H3,(H,25,26)/t15-/m0/s1. The fourth-order valence-corrected chi connectivity index (χ4v) is 2.51. The van der Waals surface area contributed by atoms with E-state index in [2.05, 4.69) is 10.3 Å². The zero-order valence-corrected chi connectivity index (χ0v) is 16.4. The van der Waals surface area contributed by atoms with E-state index < -0.39 is 18.0 Å². The average molecular weight is 411 g/mol. The van der Waals surface area contributed by atoms with Crippen LogP contribution in [0.5, 0.6) is 5.75 Å². The minimum absolute atomic E-state index is 0.217. The zero-order chi connectivity index (χ0) is 20.6. The first kappa shape index (κ1) is 20.4. The van der Waals surface area contributed by atoms with E-state index >= 15 is 0 Å². The van der Waals surface area contributed by atoms with Gasteiger partial charge in [0.05, 0.1) is 5.56 Å². The summed E-state index contributed by atoms with van der Waals surface area (Å²) in [5, 5.41) is 2.97. The number of carbonyl (C=O) groups is 2. The Balaban J connectivity index is 1.50. The first-order valence-corrected chi connectivity index (χ1v) is 9.29. The van der Waals surface area contributed by atoms with Gasteiger partial charge < -0.3 is 14.8 Å². The molecule has 0 saturated carbocycles. The van der Waals surface area contributed by atoms with E-state index in [1.807, 2.05) is 30.3 Å². The molecule has 3 aromatic rings. The van der Waals surface area contributed by atoms with Gasteiger partial charge in [0.15, 0.2) is 6.10 Å². The maximum absolute atomic E-state index is 12.3. The summed E-state index contributed by atoms with van der Waals surface area (Å²) in [6.07, 6.45) is 0.316. The van der Waals surface area contributed by atoms with Crippen LogP contribution in [0.25, 0.3) is 0 Å². The largest absolute Gasteiger partial charge is 0.489 e. The van der Waals surface area contributed by atoms with Crippen molar-refractivity contribution in [1.29, 1.82) is 0 Å². The molecular weight excluding hydrogens is 392 g/mol. The Labute approximate surface area is 173 Å². The van der Waals surface area contributed by atoms with Gasteiger partial charge in [0.25, 0.3) is 5.91 Å². The van der Waals surface area contributed by atoms with Gasteiger partial charge in [0.1, 0.15) is 17.5 Å². The van der Waals surface area contributed by atoms with Gasteiger partial charge in [-0.2, -0.15) is 0 Å². The van der Waals surface area contributed by atoms with Gasteiger partial charge in [-0.1, -0.05) is 41.9 Å². The van der Waals surface area contributed by atoms with Crippen molar-refractivity contribution in [3.05, 3.63) is 89.2 Å². The number of ether oxygens (including phenoxy) is 2. The lowest BCUT2D eigenvalue weighted by molar-refractivity contribution is -0.123. The van der Waals surface area contributed by atoms with Gasteiger partial charge in [-0.15, -0.1) is 0 Å². The minimum Gasteiger partial charge on any atom is -0.489 e. The second-order valence-electron chi connectivity index (χ2n) is 6.21. The third-order valence-corrected chi connectivity index (χ3v) is 4.21. The molecule has 1 N–H and O–H groups in total. The van der Waals surface area contributed by atoms with Gasteiger partial charge in [-0.05, 0) is 48.9 Å². The van der Waals surface area contributed by atoms with Crippen LogP contribution in [0.1, 0.15) is 22.8 Å². The Kier molecular flexibility index (Phi) is 6.81. The smallest absolute Gasteiger partial charge is 0.340 e. The van der Waals surface area contributed by atoms with Gasteiger partial charge in [0.2, 0.25) is 0 Å². The molecule has 0 spiro atoms. The number of carbonyl (C=O) groups excluding carboxylic acids is 2. The summed E-state index contributed by atoms with van der Waals surface area (Å²) >= 11 is 5.69. The molecule has 1 atom stereocenters. The quantitative estimate of drug-likeness (QED) is 0.458. The second kappa shape index (κ2) is 9.71. The summed E-state index contributed by atoms with van der Waals surface area (Å²) in [6, 6.07) is 19.7. The fourth-order valence-electron chi connectivity index (χ4n) is 2.40. The average Bonchev–Trinajstić information content (AvgIpc) is 2.74. The maximum atomic E-state index is 12.3. The van der Waals surface area contributed by atoms with Crippen LogP contribution in [0.2, 0.25) is 5.15 Å². The number of nitrogens with zero attached hydrogens (tertiary/aromatic N) is 1. The number of aromatic nitrogens is 1. The van der Waals surface area contributed by atoms with Crippen molar-refractivity contribution in [3.63, 3.8) is 0 Å². The Morgan fingerprint density at radius 1 is 1.03 bits per heavy atom. The van der Waals surface area contributed by atoms with Crippen LogP contribution < -0.4 is 10.1 Å². The SMILES string of the molecule is C[C@H](OC(=O)c1ccc(Cl)nc1)C(=O)Nc1ccc(OCc2ccccc2)cc1. The van der Waals surface area contributed by atoms with Crippen molar-refractivity contribution in [2.24, 2.45) is 0 Å². The van der Waals surface area contributed by atoms with Gasteiger partial charge in [-0.25, -0.2) is 9.78 Å². The van der Waals surface area contributed by atoms with Crippen molar-refractivity contribution in [2.75, 3.05) is 5.32 Å². The first-order chi connectivity index (χ1) is 14.0. The summed E-state index contributed by atoms with van der Waals surface area (Å²) in [4.78, 5) is 28.1. The van der Waals surface area contributed by atoms with E-state index in [1.165, 1.54) is 25.3 Å². The molecule has 1 aromatic heterocycles. The summed E-state index contributed by atoms with van der Waals surface area (Å²) in [5.74, 6) is -0.415. The number of esters is 1. The first-order valence-electron chi connectivity index (χ1n) is 8.91. The van der Waals surface area contributed by atoms with Crippen molar-refractivity contribution in [3.8, 4) is 5.75 Å². The number of benzene rings is 2. The molecule has 0 aliphatic heterocycles. The Hall–Kier alpha value is -3.38. The predicted molar refractivity (Wildman–Crippen MR) is 110 cm³/mol. The summed E-state index contributed by atoms with van der Waals surface area (Å²) in [7, 11) is 0. The lowest BCUT2D eigenvalue weighted by Crippen LogP contribution is -2.30. The Bertz CT molecular complexity index is 960. The molecule has 0 unspecified atom stereocenters. The Morgan fingerprint density at radius 3 is 2.41 bits per heavy atom. The van der Waals surface area contributed by atoms with Crippen molar-refractivity contribution in [1.82, 2.24) is 4.98 Å². The number of halogens is 1. The van der Waals surface area contributed by atoms with Gasteiger partial charge >= 0.3 is 5.97 Å². The second-order valence-corrected chi connectivity index (χ2v) is 6.59. The number of nitrogens with one attached hydrogen (secondary N) is 1. The van der Waals surface area contributed by atoms with E-state index in [4.69, 9.17) is 21.1 Å². The fraction of sp³-hybridized carbons (Fsp3) is 0.136. The molecule has 1 heterocycles. The molecule has 0 aliphatic carbocycles. The molecule has 3 rings (SSSR count). The highest BCUT2D eigenvalue weighted by Crippen LogP contribution is 2.18. The lowest BCUT2D eigenvalue weighted by atomic mass is 10.2. The molecule has 0 fully saturated rings. The highest BCUT2D eigenvalue weighted by molar-refractivity contribution is 6.29. The van der Waals surface area contributed by atoms with Crippen molar-refractivity contribution in [2.45, 2.75) is 19.6 Å². The van der Waals surface area contributed by atoms with Crippen LogP contribution in [-0.4, -0.2) is 23.0 Å².